The predicted octanol–water partition coefficient (Wildman–Crippen LogP) is 3.67. The molecule has 0 amide bonds. The summed E-state index contributed by atoms with van der Waals surface area (Å²) in [7, 11) is 1.90. The fourth-order valence-corrected chi connectivity index (χ4v) is 3.73. The van der Waals surface area contributed by atoms with Crippen molar-refractivity contribution in [3.05, 3.63) is 50.8 Å². The van der Waals surface area contributed by atoms with Gasteiger partial charge in [0, 0.05) is 33.6 Å². The van der Waals surface area contributed by atoms with Crippen LogP contribution in [0.25, 0.3) is 10.9 Å². The van der Waals surface area contributed by atoms with E-state index in [1.165, 1.54) is 0 Å². The lowest BCUT2D eigenvalue weighted by molar-refractivity contribution is 0.175. The summed E-state index contributed by atoms with van der Waals surface area (Å²) in [6.45, 7) is 0. The largest absolute Gasteiger partial charge is 0.386 e. The maximum absolute atomic E-state index is 10.4. The molecule has 0 aliphatic carbocycles. The Balaban J connectivity index is 1.95. The molecule has 3 aromatic rings. The maximum atomic E-state index is 10.4. The minimum absolute atomic E-state index is 0.573. The first-order chi connectivity index (χ1) is 9.15. The van der Waals surface area contributed by atoms with Crippen molar-refractivity contribution < 1.29 is 5.11 Å². The highest BCUT2D eigenvalue weighted by Crippen LogP contribution is 2.28. The van der Waals surface area contributed by atoms with Crippen LogP contribution in [0.1, 0.15) is 16.7 Å². The van der Waals surface area contributed by atoms with Gasteiger partial charge >= 0.3 is 0 Å². The van der Waals surface area contributed by atoms with Crippen LogP contribution >= 0.6 is 27.3 Å². The highest BCUT2D eigenvalue weighted by Gasteiger charge is 2.17. The molecule has 0 spiro atoms. The Bertz CT molecular complexity index is 719. The quantitative estimate of drug-likeness (QED) is 0.792. The van der Waals surface area contributed by atoms with Crippen molar-refractivity contribution >= 4 is 38.2 Å². The molecule has 0 radical (unpaired) electrons. The predicted molar refractivity (Wildman–Crippen MR) is 81.4 cm³/mol. The number of nitrogens with zero attached hydrogens (tertiary/aromatic N) is 2. The van der Waals surface area contributed by atoms with E-state index in [0.29, 0.717) is 6.42 Å². The van der Waals surface area contributed by atoms with Gasteiger partial charge < -0.3 is 5.11 Å². The summed E-state index contributed by atoms with van der Waals surface area (Å²) in [4.78, 5) is 1.15. The van der Waals surface area contributed by atoms with Crippen molar-refractivity contribution in [1.29, 1.82) is 0 Å². The lowest BCUT2D eigenvalue weighted by Gasteiger charge is -2.06. The molecule has 0 fully saturated rings. The van der Waals surface area contributed by atoms with E-state index in [2.05, 4.69) is 21.0 Å². The van der Waals surface area contributed by atoms with Gasteiger partial charge in [0.15, 0.2) is 0 Å². The number of benzene rings is 1. The number of fused-ring (bicyclic) bond motifs is 1. The number of rotatable bonds is 3. The molecule has 98 valence electrons. The summed E-state index contributed by atoms with van der Waals surface area (Å²) >= 11 is 5.07. The number of hydrogen-bond acceptors (Lipinski definition) is 3. The van der Waals surface area contributed by atoms with Gasteiger partial charge in [0.1, 0.15) is 6.10 Å². The molecule has 0 saturated heterocycles. The second-order valence-corrected chi connectivity index (χ2v) is 6.39. The molecule has 19 heavy (non-hydrogen) atoms. The molecule has 2 aromatic heterocycles. The lowest BCUT2D eigenvalue weighted by atomic mass is 10.1. The zero-order valence-electron chi connectivity index (χ0n) is 10.4. The first-order valence-electron chi connectivity index (χ1n) is 5.98. The van der Waals surface area contributed by atoms with E-state index in [0.717, 1.165) is 25.9 Å². The van der Waals surface area contributed by atoms with Gasteiger partial charge in [-0.2, -0.15) is 5.10 Å². The molecular weight excluding hydrogens is 324 g/mol. The van der Waals surface area contributed by atoms with Crippen molar-refractivity contribution in [2.45, 2.75) is 12.5 Å². The van der Waals surface area contributed by atoms with Gasteiger partial charge in [-0.05, 0) is 28.1 Å². The topological polar surface area (TPSA) is 38.0 Å². The Morgan fingerprint density at radius 3 is 2.95 bits per heavy atom. The van der Waals surface area contributed by atoms with Crippen molar-refractivity contribution in [3.63, 3.8) is 0 Å². The molecule has 1 N–H and O–H groups in total. The standard InChI is InChI=1S/C14H13BrN2OS/c1-17-12-5-3-2-4-11(12)14(16-17)13(18)7-10-6-9(15)8-19-10/h2-6,8,13,18H,7H2,1H3. The fourth-order valence-electron chi connectivity index (χ4n) is 2.24. The number of halogens is 1. The van der Waals surface area contributed by atoms with Crippen molar-refractivity contribution in [2.24, 2.45) is 7.05 Å². The van der Waals surface area contributed by atoms with E-state index in [-0.39, 0.29) is 0 Å². The number of hydrogen-bond donors (Lipinski definition) is 1. The first-order valence-corrected chi connectivity index (χ1v) is 7.65. The SMILES string of the molecule is Cn1nc(C(O)Cc2cc(Br)cs2)c2ccccc21. The number of aliphatic hydroxyl groups is 1. The van der Waals surface area contributed by atoms with Crippen LogP contribution in [0, 0.1) is 0 Å². The number of para-hydroxylation sites is 1. The third-order valence-electron chi connectivity index (χ3n) is 3.12. The van der Waals surface area contributed by atoms with Gasteiger partial charge in [-0.15, -0.1) is 11.3 Å². The molecular formula is C14H13BrN2OS. The minimum atomic E-state index is -0.573. The Labute approximate surface area is 123 Å². The second kappa shape index (κ2) is 5.07. The molecule has 3 rings (SSSR count). The molecule has 1 unspecified atom stereocenters. The van der Waals surface area contributed by atoms with Gasteiger partial charge in [0.2, 0.25) is 0 Å². The fraction of sp³-hybridized carbons (Fsp3) is 0.214. The Kier molecular flexibility index (Phi) is 3.43. The van der Waals surface area contributed by atoms with Gasteiger partial charge in [-0.25, -0.2) is 0 Å². The van der Waals surface area contributed by atoms with Crippen LogP contribution in [-0.2, 0) is 13.5 Å². The molecule has 0 saturated carbocycles. The monoisotopic (exact) mass is 336 g/mol. The molecule has 1 atom stereocenters. The number of aryl methyl sites for hydroxylation is 1. The van der Waals surface area contributed by atoms with Crippen LogP contribution in [0.4, 0.5) is 0 Å². The van der Waals surface area contributed by atoms with Crippen LogP contribution in [0.5, 0.6) is 0 Å². The summed E-state index contributed by atoms with van der Waals surface area (Å²) in [6, 6.07) is 10.0. The average Bonchev–Trinajstić information content (AvgIpc) is 2.95. The zero-order valence-corrected chi connectivity index (χ0v) is 12.8. The normalized spacial score (nSPS) is 13.0. The van der Waals surface area contributed by atoms with Crippen molar-refractivity contribution in [1.82, 2.24) is 9.78 Å². The number of aliphatic hydroxyl groups excluding tert-OH is 1. The summed E-state index contributed by atoms with van der Waals surface area (Å²) in [5.41, 5.74) is 1.80. The van der Waals surface area contributed by atoms with E-state index >= 15 is 0 Å². The Hall–Kier alpha value is -1.17. The molecule has 2 heterocycles. The maximum Gasteiger partial charge on any atom is 0.103 e. The van der Waals surface area contributed by atoms with Crippen LogP contribution in [0.2, 0.25) is 0 Å². The van der Waals surface area contributed by atoms with E-state index in [4.69, 9.17) is 0 Å². The summed E-state index contributed by atoms with van der Waals surface area (Å²) in [6.07, 6.45) is 0.0220. The molecule has 3 nitrogen and oxygen atoms in total. The van der Waals surface area contributed by atoms with E-state index in [1.807, 2.05) is 47.4 Å². The van der Waals surface area contributed by atoms with Gasteiger partial charge in [0.05, 0.1) is 11.2 Å². The third kappa shape index (κ3) is 2.45. The average molecular weight is 337 g/mol. The summed E-state index contributed by atoms with van der Waals surface area (Å²) in [5, 5.41) is 17.9. The minimum Gasteiger partial charge on any atom is -0.386 e. The van der Waals surface area contributed by atoms with E-state index in [9.17, 15) is 5.11 Å². The highest BCUT2D eigenvalue weighted by molar-refractivity contribution is 9.10. The van der Waals surface area contributed by atoms with Crippen LogP contribution in [-0.4, -0.2) is 14.9 Å². The lowest BCUT2D eigenvalue weighted by Crippen LogP contribution is -2.02. The summed E-state index contributed by atoms with van der Waals surface area (Å²) in [5.74, 6) is 0. The molecule has 0 aliphatic rings. The van der Waals surface area contributed by atoms with Crippen molar-refractivity contribution in [2.75, 3.05) is 0 Å². The third-order valence-corrected chi connectivity index (χ3v) is 4.84. The first kappa shape index (κ1) is 12.8. The number of aromatic nitrogens is 2. The molecule has 5 heteroatoms. The summed E-state index contributed by atoms with van der Waals surface area (Å²) < 4.78 is 2.88. The second-order valence-electron chi connectivity index (χ2n) is 4.48. The van der Waals surface area contributed by atoms with Crippen LogP contribution in [0.15, 0.2) is 40.2 Å². The van der Waals surface area contributed by atoms with Crippen molar-refractivity contribution in [3.8, 4) is 0 Å². The smallest absolute Gasteiger partial charge is 0.103 e. The Morgan fingerprint density at radius 2 is 2.21 bits per heavy atom. The Morgan fingerprint density at radius 1 is 1.42 bits per heavy atom. The number of thiophene rings is 1. The van der Waals surface area contributed by atoms with Gasteiger partial charge in [-0.3, -0.25) is 4.68 Å². The van der Waals surface area contributed by atoms with Gasteiger partial charge in [-0.1, -0.05) is 18.2 Å². The molecule has 0 bridgehead atoms. The van der Waals surface area contributed by atoms with Crippen LogP contribution in [0.3, 0.4) is 0 Å². The van der Waals surface area contributed by atoms with E-state index < -0.39 is 6.10 Å². The molecule has 1 aromatic carbocycles. The van der Waals surface area contributed by atoms with Gasteiger partial charge in [0.25, 0.3) is 0 Å². The van der Waals surface area contributed by atoms with Crippen LogP contribution < -0.4 is 0 Å². The highest BCUT2D eigenvalue weighted by atomic mass is 79.9. The zero-order chi connectivity index (χ0) is 13.4. The van der Waals surface area contributed by atoms with E-state index in [1.54, 1.807) is 11.3 Å². The molecule has 0 aliphatic heterocycles.